The second kappa shape index (κ2) is 10.8. The number of anilines is 1. The molecule has 0 aliphatic carbocycles. The van der Waals surface area contributed by atoms with E-state index in [0.29, 0.717) is 23.8 Å². The van der Waals surface area contributed by atoms with Gasteiger partial charge in [0.15, 0.2) is 18.1 Å². The fourth-order valence-electron chi connectivity index (χ4n) is 2.43. The molecule has 0 saturated heterocycles. The molecule has 28 heavy (non-hydrogen) atoms. The first-order valence-corrected chi connectivity index (χ1v) is 9.10. The highest BCUT2D eigenvalue weighted by atomic mass is 16.5. The first kappa shape index (κ1) is 21.0. The summed E-state index contributed by atoms with van der Waals surface area (Å²) in [5, 5.41) is 2.68. The van der Waals surface area contributed by atoms with Gasteiger partial charge in [0.2, 0.25) is 0 Å². The Balaban J connectivity index is 1.84. The van der Waals surface area contributed by atoms with Gasteiger partial charge in [-0.15, -0.1) is 0 Å². The Hall–Kier alpha value is -3.28. The van der Waals surface area contributed by atoms with E-state index in [1.54, 1.807) is 31.4 Å². The fraction of sp³-hybridized carbons (Fsp3) is 0.273. The third kappa shape index (κ3) is 6.46. The molecule has 0 aliphatic rings. The van der Waals surface area contributed by atoms with E-state index in [4.69, 9.17) is 14.2 Å². The van der Waals surface area contributed by atoms with Crippen molar-refractivity contribution in [1.82, 2.24) is 0 Å². The van der Waals surface area contributed by atoms with E-state index < -0.39 is 11.9 Å². The summed E-state index contributed by atoms with van der Waals surface area (Å²) in [4.78, 5) is 23.7. The molecular weight excluding hydrogens is 358 g/mol. The largest absolute Gasteiger partial charge is 0.493 e. The maximum atomic E-state index is 11.9. The van der Waals surface area contributed by atoms with Gasteiger partial charge >= 0.3 is 5.97 Å². The average molecular weight is 383 g/mol. The van der Waals surface area contributed by atoms with Crippen LogP contribution < -0.4 is 14.8 Å². The van der Waals surface area contributed by atoms with Crippen molar-refractivity contribution in [2.45, 2.75) is 20.3 Å². The van der Waals surface area contributed by atoms with Gasteiger partial charge < -0.3 is 19.5 Å². The summed E-state index contributed by atoms with van der Waals surface area (Å²) in [7, 11) is 1.55. The van der Waals surface area contributed by atoms with Gasteiger partial charge in [-0.1, -0.05) is 25.1 Å². The lowest BCUT2D eigenvalue weighted by Crippen LogP contribution is -2.20. The van der Waals surface area contributed by atoms with Crippen LogP contribution in [0.25, 0.3) is 6.08 Å². The smallest absolute Gasteiger partial charge is 0.331 e. The summed E-state index contributed by atoms with van der Waals surface area (Å²) in [5.74, 6) is 0.206. The van der Waals surface area contributed by atoms with Crippen LogP contribution in [0, 0.1) is 0 Å². The second-order valence-corrected chi connectivity index (χ2v) is 5.88. The summed E-state index contributed by atoms with van der Waals surface area (Å²) in [6.45, 7) is 4.12. The third-order valence-corrected chi connectivity index (χ3v) is 3.89. The van der Waals surface area contributed by atoms with Gasteiger partial charge in [0.05, 0.1) is 13.7 Å². The zero-order valence-electron chi connectivity index (χ0n) is 16.4. The van der Waals surface area contributed by atoms with Crippen LogP contribution in [0.2, 0.25) is 0 Å². The Labute approximate surface area is 165 Å². The van der Waals surface area contributed by atoms with E-state index in [0.717, 1.165) is 12.0 Å². The Morgan fingerprint density at radius 2 is 1.79 bits per heavy atom. The van der Waals surface area contributed by atoms with E-state index in [9.17, 15) is 9.59 Å². The lowest BCUT2D eigenvalue weighted by molar-refractivity contribution is -0.142. The number of carbonyl (C=O) groups excluding carboxylic acids is 2. The minimum Gasteiger partial charge on any atom is -0.493 e. The topological polar surface area (TPSA) is 73.9 Å². The van der Waals surface area contributed by atoms with E-state index in [1.807, 2.05) is 31.2 Å². The van der Waals surface area contributed by atoms with Gasteiger partial charge in [0.25, 0.3) is 5.91 Å². The molecule has 1 amide bonds. The number of methoxy groups -OCH3 is 1. The normalized spacial score (nSPS) is 10.5. The fourth-order valence-corrected chi connectivity index (χ4v) is 2.43. The van der Waals surface area contributed by atoms with E-state index in [2.05, 4.69) is 12.2 Å². The molecule has 2 rings (SSSR count). The number of nitrogens with one attached hydrogen (secondary N) is 1. The van der Waals surface area contributed by atoms with Crippen LogP contribution in [-0.2, 0) is 20.7 Å². The minimum atomic E-state index is -0.607. The Morgan fingerprint density at radius 1 is 1.04 bits per heavy atom. The van der Waals surface area contributed by atoms with Gasteiger partial charge in [-0.05, 0) is 54.8 Å². The van der Waals surface area contributed by atoms with Crippen molar-refractivity contribution in [2.75, 3.05) is 25.6 Å². The number of rotatable bonds is 9. The molecule has 6 heteroatoms. The van der Waals surface area contributed by atoms with Gasteiger partial charge in [-0.3, -0.25) is 4.79 Å². The van der Waals surface area contributed by atoms with Crippen LogP contribution in [0.5, 0.6) is 11.5 Å². The number of hydrogen-bond donors (Lipinski definition) is 1. The molecule has 0 aromatic heterocycles. The van der Waals surface area contributed by atoms with Crippen LogP contribution in [0.3, 0.4) is 0 Å². The summed E-state index contributed by atoms with van der Waals surface area (Å²) >= 11 is 0. The molecule has 0 bridgehead atoms. The molecule has 0 fully saturated rings. The number of aryl methyl sites for hydroxylation is 1. The number of esters is 1. The summed E-state index contributed by atoms with van der Waals surface area (Å²) in [5.41, 5.74) is 2.59. The molecule has 1 N–H and O–H groups in total. The summed E-state index contributed by atoms with van der Waals surface area (Å²) < 4.78 is 15.7. The number of amides is 1. The minimum absolute atomic E-state index is 0.356. The number of ether oxygens (including phenoxy) is 3. The lowest BCUT2D eigenvalue weighted by Gasteiger charge is -2.09. The standard InChI is InChI=1S/C22H25NO5/c1-4-16-6-10-18(11-7-16)23-21(24)15-28-22(25)13-9-17-8-12-19(27-5-2)20(14-17)26-3/h6-14H,4-5,15H2,1-3H3,(H,23,24)/b13-9+. The Bertz CT molecular complexity index is 827. The maximum Gasteiger partial charge on any atom is 0.331 e. The molecule has 0 saturated carbocycles. The first-order valence-electron chi connectivity index (χ1n) is 9.10. The second-order valence-electron chi connectivity index (χ2n) is 5.88. The Morgan fingerprint density at radius 3 is 2.43 bits per heavy atom. The van der Waals surface area contributed by atoms with Crippen molar-refractivity contribution in [3.05, 3.63) is 59.7 Å². The number of hydrogen-bond acceptors (Lipinski definition) is 5. The maximum absolute atomic E-state index is 11.9. The number of benzene rings is 2. The van der Waals surface area contributed by atoms with Crippen molar-refractivity contribution in [2.24, 2.45) is 0 Å². The highest BCUT2D eigenvalue weighted by Gasteiger charge is 2.07. The van der Waals surface area contributed by atoms with Crippen molar-refractivity contribution in [3.63, 3.8) is 0 Å². The van der Waals surface area contributed by atoms with E-state index in [-0.39, 0.29) is 6.61 Å². The van der Waals surface area contributed by atoms with Gasteiger partial charge in [0, 0.05) is 11.8 Å². The molecular formula is C22H25NO5. The van der Waals surface area contributed by atoms with Crippen LogP contribution in [0.4, 0.5) is 5.69 Å². The molecule has 0 spiro atoms. The zero-order chi connectivity index (χ0) is 20.4. The lowest BCUT2D eigenvalue weighted by atomic mass is 10.1. The highest BCUT2D eigenvalue weighted by Crippen LogP contribution is 2.28. The van der Waals surface area contributed by atoms with Crippen LogP contribution in [0.1, 0.15) is 25.0 Å². The number of carbonyl (C=O) groups is 2. The highest BCUT2D eigenvalue weighted by molar-refractivity contribution is 5.94. The van der Waals surface area contributed by atoms with E-state index >= 15 is 0 Å². The predicted molar refractivity (Wildman–Crippen MR) is 109 cm³/mol. The predicted octanol–water partition coefficient (Wildman–Crippen LogP) is 3.85. The van der Waals surface area contributed by atoms with Crippen molar-refractivity contribution in [3.8, 4) is 11.5 Å². The monoisotopic (exact) mass is 383 g/mol. The van der Waals surface area contributed by atoms with Crippen molar-refractivity contribution < 1.29 is 23.8 Å². The van der Waals surface area contributed by atoms with Gasteiger partial charge in [-0.25, -0.2) is 4.79 Å². The third-order valence-electron chi connectivity index (χ3n) is 3.89. The van der Waals surface area contributed by atoms with Gasteiger partial charge in [0.1, 0.15) is 0 Å². The van der Waals surface area contributed by atoms with Crippen LogP contribution in [0.15, 0.2) is 48.5 Å². The summed E-state index contributed by atoms with van der Waals surface area (Å²) in [6.07, 6.45) is 3.78. The summed E-state index contributed by atoms with van der Waals surface area (Å²) in [6, 6.07) is 12.8. The first-order chi connectivity index (χ1) is 13.5. The molecule has 6 nitrogen and oxygen atoms in total. The SMILES string of the molecule is CCOc1ccc(/C=C/C(=O)OCC(=O)Nc2ccc(CC)cc2)cc1OC. The van der Waals surface area contributed by atoms with Crippen LogP contribution >= 0.6 is 0 Å². The van der Waals surface area contributed by atoms with Crippen LogP contribution in [-0.4, -0.2) is 32.2 Å². The van der Waals surface area contributed by atoms with Crippen molar-refractivity contribution in [1.29, 1.82) is 0 Å². The molecule has 0 heterocycles. The molecule has 0 aliphatic heterocycles. The molecule has 0 unspecified atom stereocenters. The van der Waals surface area contributed by atoms with E-state index in [1.165, 1.54) is 11.6 Å². The van der Waals surface area contributed by atoms with Crippen molar-refractivity contribution >= 4 is 23.6 Å². The Kier molecular flexibility index (Phi) is 8.09. The molecule has 0 atom stereocenters. The zero-order valence-corrected chi connectivity index (χ0v) is 16.4. The van der Waals surface area contributed by atoms with Gasteiger partial charge in [-0.2, -0.15) is 0 Å². The average Bonchev–Trinajstić information content (AvgIpc) is 2.72. The molecule has 2 aromatic rings. The molecule has 2 aromatic carbocycles. The quantitative estimate of drug-likeness (QED) is 0.526. The molecule has 148 valence electrons. The molecule has 0 radical (unpaired) electrons.